The molecule has 1 heterocycles. The fourth-order valence-corrected chi connectivity index (χ4v) is 4.14. The van der Waals surface area contributed by atoms with E-state index < -0.39 is 10.0 Å². The molecule has 1 aromatic rings. The fourth-order valence-electron chi connectivity index (χ4n) is 2.75. The molecular formula is C17H26N2O3S. The average Bonchev–Trinajstić information content (AvgIpc) is 2.49. The smallest absolute Gasteiger partial charge is 0.240 e. The van der Waals surface area contributed by atoms with Crippen molar-refractivity contribution in [1.82, 2.24) is 9.62 Å². The summed E-state index contributed by atoms with van der Waals surface area (Å²) in [7, 11) is -3.51. The summed E-state index contributed by atoms with van der Waals surface area (Å²) in [4.78, 5) is 14.1. The molecule has 0 bridgehead atoms. The predicted octanol–water partition coefficient (Wildman–Crippen LogP) is 2.23. The van der Waals surface area contributed by atoms with Crippen LogP contribution in [-0.2, 0) is 14.8 Å². The van der Waals surface area contributed by atoms with Crippen molar-refractivity contribution in [3.8, 4) is 0 Å². The zero-order valence-corrected chi connectivity index (χ0v) is 15.1. The number of rotatable bonds is 4. The van der Waals surface area contributed by atoms with Crippen LogP contribution in [0.4, 0.5) is 0 Å². The number of carbonyl (C=O) groups is 1. The SMILES string of the molecule is Cc1ccc(S(=O)(=O)NC2CCN(C(=O)C(C)C)CC2)cc1C. The van der Waals surface area contributed by atoms with E-state index in [0.717, 1.165) is 11.1 Å². The average molecular weight is 338 g/mol. The van der Waals surface area contributed by atoms with Crippen LogP contribution >= 0.6 is 0 Å². The van der Waals surface area contributed by atoms with Gasteiger partial charge in [-0.15, -0.1) is 0 Å². The first-order valence-electron chi connectivity index (χ1n) is 8.09. The van der Waals surface area contributed by atoms with Gasteiger partial charge in [-0.2, -0.15) is 0 Å². The number of sulfonamides is 1. The molecule has 1 fully saturated rings. The molecule has 0 aromatic heterocycles. The predicted molar refractivity (Wildman–Crippen MR) is 90.7 cm³/mol. The third-order valence-electron chi connectivity index (χ3n) is 4.41. The number of likely N-dealkylation sites (tertiary alicyclic amines) is 1. The Morgan fingerprint density at radius 1 is 1.17 bits per heavy atom. The lowest BCUT2D eigenvalue weighted by atomic mass is 10.0. The Kier molecular flexibility index (Phi) is 5.47. The molecule has 128 valence electrons. The molecule has 1 aliphatic rings. The van der Waals surface area contributed by atoms with E-state index in [-0.39, 0.29) is 17.9 Å². The first-order chi connectivity index (χ1) is 10.7. The van der Waals surface area contributed by atoms with Gasteiger partial charge in [0.2, 0.25) is 15.9 Å². The normalized spacial score (nSPS) is 16.8. The zero-order valence-electron chi connectivity index (χ0n) is 14.3. The summed E-state index contributed by atoms with van der Waals surface area (Å²) in [6.07, 6.45) is 1.31. The van der Waals surface area contributed by atoms with E-state index in [1.54, 1.807) is 12.1 Å². The van der Waals surface area contributed by atoms with Gasteiger partial charge in [-0.3, -0.25) is 4.79 Å². The van der Waals surface area contributed by atoms with Crippen LogP contribution in [0.3, 0.4) is 0 Å². The van der Waals surface area contributed by atoms with Crippen molar-refractivity contribution in [3.63, 3.8) is 0 Å². The fraction of sp³-hybridized carbons (Fsp3) is 0.588. The molecule has 0 aliphatic carbocycles. The Morgan fingerprint density at radius 2 is 1.78 bits per heavy atom. The van der Waals surface area contributed by atoms with E-state index in [4.69, 9.17) is 0 Å². The Labute approximate surface area is 139 Å². The third kappa shape index (κ3) is 4.32. The molecule has 0 atom stereocenters. The van der Waals surface area contributed by atoms with Gasteiger partial charge in [-0.05, 0) is 49.9 Å². The number of piperidine rings is 1. The molecule has 0 spiro atoms. The topological polar surface area (TPSA) is 66.5 Å². The van der Waals surface area contributed by atoms with Gasteiger partial charge in [0.1, 0.15) is 0 Å². The number of carbonyl (C=O) groups excluding carboxylic acids is 1. The highest BCUT2D eigenvalue weighted by atomic mass is 32.2. The minimum atomic E-state index is -3.51. The van der Waals surface area contributed by atoms with Crippen molar-refractivity contribution in [2.75, 3.05) is 13.1 Å². The first-order valence-corrected chi connectivity index (χ1v) is 9.57. The maximum atomic E-state index is 12.5. The van der Waals surface area contributed by atoms with Crippen molar-refractivity contribution < 1.29 is 13.2 Å². The highest BCUT2D eigenvalue weighted by molar-refractivity contribution is 7.89. The van der Waals surface area contributed by atoms with Gasteiger partial charge in [0, 0.05) is 25.0 Å². The second kappa shape index (κ2) is 7.01. The highest BCUT2D eigenvalue weighted by Crippen LogP contribution is 2.18. The van der Waals surface area contributed by atoms with Gasteiger partial charge >= 0.3 is 0 Å². The van der Waals surface area contributed by atoms with Crippen LogP contribution in [-0.4, -0.2) is 38.4 Å². The largest absolute Gasteiger partial charge is 0.342 e. The lowest BCUT2D eigenvalue weighted by Gasteiger charge is -2.33. The van der Waals surface area contributed by atoms with Crippen molar-refractivity contribution in [3.05, 3.63) is 29.3 Å². The standard InChI is InChI=1S/C17H26N2O3S/c1-12(2)17(20)19-9-7-15(8-10-19)18-23(21,22)16-6-5-13(3)14(4)11-16/h5-6,11-12,15,18H,7-10H2,1-4H3. The molecule has 6 heteroatoms. The van der Waals surface area contributed by atoms with Gasteiger partial charge in [-0.1, -0.05) is 19.9 Å². The number of hydrogen-bond acceptors (Lipinski definition) is 3. The van der Waals surface area contributed by atoms with E-state index in [2.05, 4.69) is 4.72 Å². The first kappa shape index (κ1) is 17.9. The minimum Gasteiger partial charge on any atom is -0.342 e. The Hall–Kier alpha value is -1.40. The van der Waals surface area contributed by atoms with Gasteiger partial charge in [-0.25, -0.2) is 13.1 Å². The van der Waals surface area contributed by atoms with Crippen LogP contribution in [0.15, 0.2) is 23.1 Å². The van der Waals surface area contributed by atoms with E-state index >= 15 is 0 Å². The number of nitrogens with one attached hydrogen (secondary N) is 1. The minimum absolute atomic E-state index is 0.0150. The van der Waals surface area contributed by atoms with E-state index in [1.807, 2.05) is 38.7 Å². The maximum Gasteiger partial charge on any atom is 0.240 e. The molecule has 2 rings (SSSR count). The molecule has 0 saturated carbocycles. The van der Waals surface area contributed by atoms with Crippen LogP contribution < -0.4 is 4.72 Å². The molecular weight excluding hydrogens is 312 g/mol. The number of benzene rings is 1. The van der Waals surface area contributed by atoms with E-state index in [9.17, 15) is 13.2 Å². The van der Waals surface area contributed by atoms with Crippen molar-refractivity contribution >= 4 is 15.9 Å². The maximum absolute atomic E-state index is 12.5. The summed E-state index contributed by atoms with van der Waals surface area (Å²) < 4.78 is 27.8. The Bertz CT molecular complexity index is 675. The quantitative estimate of drug-likeness (QED) is 0.915. The summed E-state index contributed by atoms with van der Waals surface area (Å²) in [6, 6.07) is 5.06. The number of nitrogens with zero attached hydrogens (tertiary/aromatic N) is 1. The summed E-state index contributed by atoms with van der Waals surface area (Å²) in [6.45, 7) is 8.85. The molecule has 0 unspecified atom stereocenters. The van der Waals surface area contributed by atoms with Gasteiger partial charge in [0.25, 0.3) is 0 Å². The second-order valence-corrected chi connectivity index (χ2v) is 8.34. The van der Waals surface area contributed by atoms with Crippen molar-refractivity contribution in [2.24, 2.45) is 5.92 Å². The summed E-state index contributed by atoms with van der Waals surface area (Å²) in [5.41, 5.74) is 2.04. The van der Waals surface area contributed by atoms with Crippen LogP contribution in [0.1, 0.15) is 37.8 Å². The van der Waals surface area contributed by atoms with Crippen LogP contribution in [0, 0.1) is 19.8 Å². The summed E-state index contributed by atoms with van der Waals surface area (Å²) in [5.74, 6) is 0.124. The molecule has 1 aliphatic heterocycles. The molecule has 23 heavy (non-hydrogen) atoms. The van der Waals surface area contributed by atoms with E-state index in [1.165, 1.54) is 0 Å². The van der Waals surface area contributed by atoms with Gasteiger partial charge in [0.05, 0.1) is 4.90 Å². The molecule has 0 radical (unpaired) electrons. The number of aryl methyl sites for hydroxylation is 2. The van der Waals surface area contributed by atoms with Crippen molar-refractivity contribution in [1.29, 1.82) is 0 Å². The molecule has 1 aromatic carbocycles. The summed E-state index contributed by atoms with van der Waals surface area (Å²) in [5, 5.41) is 0. The molecule has 1 saturated heterocycles. The van der Waals surface area contributed by atoms with Crippen LogP contribution in [0.25, 0.3) is 0 Å². The van der Waals surface area contributed by atoms with Gasteiger partial charge < -0.3 is 4.90 Å². The number of amides is 1. The lowest BCUT2D eigenvalue weighted by Crippen LogP contribution is -2.47. The zero-order chi connectivity index (χ0) is 17.2. The Morgan fingerprint density at radius 3 is 2.30 bits per heavy atom. The third-order valence-corrected chi connectivity index (χ3v) is 5.93. The van der Waals surface area contributed by atoms with Crippen LogP contribution in [0.2, 0.25) is 0 Å². The molecule has 1 amide bonds. The van der Waals surface area contributed by atoms with Crippen molar-refractivity contribution in [2.45, 2.75) is 51.5 Å². The lowest BCUT2D eigenvalue weighted by molar-refractivity contribution is -0.135. The Balaban J connectivity index is 2.00. The molecule has 5 nitrogen and oxygen atoms in total. The highest BCUT2D eigenvalue weighted by Gasteiger charge is 2.27. The van der Waals surface area contributed by atoms with E-state index in [0.29, 0.717) is 30.8 Å². The monoisotopic (exact) mass is 338 g/mol. The molecule has 1 N–H and O–H groups in total. The number of hydrogen-bond donors (Lipinski definition) is 1. The second-order valence-electron chi connectivity index (χ2n) is 6.62. The van der Waals surface area contributed by atoms with Gasteiger partial charge in [0.15, 0.2) is 0 Å². The summed E-state index contributed by atoms with van der Waals surface area (Å²) >= 11 is 0. The van der Waals surface area contributed by atoms with Crippen LogP contribution in [0.5, 0.6) is 0 Å².